The average molecular weight is 171 g/mol. The molecule has 0 rings (SSSR count). The zero-order chi connectivity index (χ0) is 5.86. The van der Waals surface area contributed by atoms with Crippen molar-refractivity contribution in [2.45, 2.75) is 4.83 Å². The van der Waals surface area contributed by atoms with E-state index in [1.54, 1.807) is 0 Å². The Balaban J connectivity index is 3.34. The fourth-order valence-corrected chi connectivity index (χ4v) is 0.0660. The standard InChI is InChI=1S/C3H4BrFO2/c4-2(1-5)3(6)7/h2H,1H2,(H,6,7)/t2-/m1/s1. The van der Waals surface area contributed by atoms with Crippen LogP contribution in [0.5, 0.6) is 0 Å². The van der Waals surface area contributed by atoms with E-state index >= 15 is 0 Å². The van der Waals surface area contributed by atoms with Crippen LogP contribution in [-0.4, -0.2) is 22.6 Å². The van der Waals surface area contributed by atoms with Crippen LogP contribution in [0.1, 0.15) is 0 Å². The molecule has 0 amide bonds. The molecular formula is C3H4BrFO2. The second-order valence-corrected chi connectivity index (χ2v) is 2.07. The summed E-state index contributed by atoms with van der Waals surface area (Å²) in [7, 11) is 0. The monoisotopic (exact) mass is 170 g/mol. The molecule has 0 aliphatic carbocycles. The Morgan fingerprint density at radius 2 is 2.43 bits per heavy atom. The number of halogens is 2. The molecule has 4 heteroatoms. The maximum Gasteiger partial charge on any atom is 0.319 e. The Morgan fingerprint density at radius 1 is 2.00 bits per heavy atom. The Labute approximate surface area is 48.5 Å². The minimum absolute atomic E-state index is 0.866. The van der Waals surface area contributed by atoms with Crippen molar-refractivity contribution in [3.8, 4) is 0 Å². The number of carbonyl (C=O) groups is 1. The van der Waals surface area contributed by atoms with E-state index in [2.05, 4.69) is 15.9 Å². The molecule has 7 heavy (non-hydrogen) atoms. The molecule has 2 nitrogen and oxygen atoms in total. The van der Waals surface area contributed by atoms with Gasteiger partial charge in [-0.05, 0) is 0 Å². The van der Waals surface area contributed by atoms with Gasteiger partial charge >= 0.3 is 5.97 Å². The molecule has 0 radical (unpaired) electrons. The fourth-order valence-electron chi connectivity index (χ4n) is 0.0660. The third-order valence-corrected chi connectivity index (χ3v) is 1.04. The Bertz CT molecular complexity index is 75.3. The van der Waals surface area contributed by atoms with E-state index in [1.807, 2.05) is 0 Å². The Hall–Kier alpha value is -0.120. The van der Waals surface area contributed by atoms with Crippen molar-refractivity contribution in [2.75, 3.05) is 6.67 Å². The van der Waals surface area contributed by atoms with Gasteiger partial charge in [0.05, 0.1) is 0 Å². The Morgan fingerprint density at radius 3 is 2.43 bits per heavy atom. The third kappa shape index (κ3) is 2.56. The quantitative estimate of drug-likeness (QED) is 0.624. The SMILES string of the molecule is O=C(O)[C@H](Br)CF. The molecule has 0 saturated carbocycles. The zero-order valence-electron chi connectivity index (χ0n) is 3.40. The van der Waals surface area contributed by atoms with Crippen LogP contribution in [0.4, 0.5) is 4.39 Å². The lowest BCUT2D eigenvalue weighted by molar-refractivity contribution is -0.136. The molecule has 0 fully saturated rings. The third-order valence-electron chi connectivity index (χ3n) is 0.403. The summed E-state index contributed by atoms with van der Waals surface area (Å²) in [5, 5.41) is 7.90. The molecule has 0 bridgehead atoms. The summed E-state index contributed by atoms with van der Waals surface area (Å²) in [5.74, 6) is -1.16. The highest BCUT2D eigenvalue weighted by Gasteiger charge is 2.10. The van der Waals surface area contributed by atoms with Gasteiger partial charge < -0.3 is 5.11 Å². The fraction of sp³-hybridized carbons (Fsp3) is 0.667. The van der Waals surface area contributed by atoms with Crippen LogP contribution >= 0.6 is 15.9 Å². The van der Waals surface area contributed by atoms with Gasteiger partial charge in [0.15, 0.2) is 0 Å². The lowest BCUT2D eigenvalue weighted by Gasteiger charge is -1.91. The minimum Gasteiger partial charge on any atom is -0.480 e. The number of aliphatic carboxylic acids is 1. The van der Waals surface area contributed by atoms with E-state index in [1.165, 1.54) is 0 Å². The van der Waals surface area contributed by atoms with Crippen LogP contribution in [0.3, 0.4) is 0 Å². The van der Waals surface area contributed by atoms with Crippen molar-refractivity contribution in [3.63, 3.8) is 0 Å². The van der Waals surface area contributed by atoms with E-state index in [-0.39, 0.29) is 0 Å². The summed E-state index contributed by atoms with van der Waals surface area (Å²) >= 11 is 2.57. The van der Waals surface area contributed by atoms with Crippen LogP contribution in [-0.2, 0) is 4.79 Å². The number of rotatable bonds is 2. The smallest absolute Gasteiger partial charge is 0.319 e. The molecule has 0 aliphatic heterocycles. The first-order chi connectivity index (χ1) is 3.18. The largest absolute Gasteiger partial charge is 0.480 e. The molecule has 0 aromatic heterocycles. The van der Waals surface area contributed by atoms with Gasteiger partial charge in [-0.3, -0.25) is 4.79 Å². The minimum atomic E-state index is -1.16. The molecule has 42 valence electrons. The predicted octanol–water partition coefficient (Wildman–Crippen LogP) is 0.804. The number of alkyl halides is 2. The summed E-state index contributed by atoms with van der Waals surface area (Å²) in [6.45, 7) is -0.866. The van der Waals surface area contributed by atoms with Gasteiger partial charge in [-0.1, -0.05) is 15.9 Å². The van der Waals surface area contributed by atoms with Crippen LogP contribution < -0.4 is 0 Å². The predicted molar refractivity (Wildman–Crippen MR) is 26.3 cm³/mol. The maximum absolute atomic E-state index is 11.2. The van der Waals surface area contributed by atoms with Crippen molar-refractivity contribution < 1.29 is 14.3 Å². The first-order valence-corrected chi connectivity index (χ1v) is 2.53. The first-order valence-electron chi connectivity index (χ1n) is 1.61. The van der Waals surface area contributed by atoms with E-state index in [0.717, 1.165) is 0 Å². The number of carboxylic acids is 1. The summed E-state index contributed by atoms with van der Waals surface area (Å²) < 4.78 is 11.2. The zero-order valence-corrected chi connectivity index (χ0v) is 4.98. The van der Waals surface area contributed by atoms with Gasteiger partial charge in [-0.25, -0.2) is 4.39 Å². The molecule has 0 heterocycles. The Kier molecular flexibility index (Phi) is 2.91. The molecule has 0 spiro atoms. The summed E-state index contributed by atoms with van der Waals surface area (Å²) in [5.41, 5.74) is 0. The lowest BCUT2D eigenvalue weighted by Crippen LogP contribution is -2.13. The van der Waals surface area contributed by atoms with Crippen molar-refractivity contribution in [1.82, 2.24) is 0 Å². The van der Waals surface area contributed by atoms with Gasteiger partial charge in [0.1, 0.15) is 11.5 Å². The average Bonchev–Trinajstić information content (AvgIpc) is 1.65. The van der Waals surface area contributed by atoms with Crippen LogP contribution in [0.15, 0.2) is 0 Å². The summed E-state index contributed by atoms with van der Waals surface area (Å²) in [6.07, 6.45) is 0. The summed E-state index contributed by atoms with van der Waals surface area (Å²) in [6, 6.07) is 0. The molecule has 1 atom stereocenters. The topological polar surface area (TPSA) is 37.3 Å². The van der Waals surface area contributed by atoms with Crippen molar-refractivity contribution in [1.29, 1.82) is 0 Å². The van der Waals surface area contributed by atoms with E-state index in [4.69, 9.17) is 5.11 Å². The second kappa shape index (κ2) is 2.96. The lowest BCUT2D eigenvalue weighted by atomic mass is 10.5. The van der Waals surface area contributed by atoms with E-state index in [9.17, 15) is 9.18 Å². The normalized spacial score (nSPS) is 13.4. The van der Waals surface area contributed by atoms with Crippen molar-refractivity contribution in [2.24, 2.45) is 0 Å². The van der Waals surface area contributed by atoms with Crippen LogP contribution in [0, 0.1) is 0 Å². The highest BCUT2D eigenvalue weighted by atomic mass is 79.9. The van der Waals surface area contributed by atoms with E-state index < -0.39 is 17.5 Å². The van der Waals surface area contributed by atoms with E-state index in [0.29, 0.717) is 0 Å². The summed E-state index contributed by atoms with van der Waals surface area (Å²) in [4.78, 5) is 8.61. The first kappa shape index (κ1) is 6.88. The maximum atomic E-state index is 11.2. The van der Waals surface area contributed by atoms with Crippen molar-refractivity contribution in [3.05, 3.63) is 0 Å². The molecule has 0 aliphatic rings. The van der Waals surface area contributed by atoms with Crippen LogP contribution in [0.2, 0.25) is 0 Å². The van der Waals surface area contributed by atoms with Gasteiger partial charge in [0.25, 0.3) is 0 Å². The van der Waals surface area contributed by atoms with Crippen molar-refractivity contribution >= 4 is 21.9 Å². The molecule has 0 saturated heterocycles. The van der Waals surface area contributed by atoms with Gasteiger partial charge in [0, 0.05) is 0 Å². The highest BCUT2D eigenvalue weighted by molar-refractivity contribution is 9.10. The molecule has 1 N–H and O–H groups in total. The molecular weight excluding hydrogens is 167 g/mol. The van der Waals surface area contributed by atoms with Gasteiger partial charge in [-0.15, -0.1) is 0 Å². The van der Waals surface area contributed by atoms with Gasteiger partial charge in [0.2, 0.25) is 0 Å². The van der Waals surface area contributed by atoms with Crippen LogP contribution in [0.25, 0.3) is 0 Å². The number of carboxylic acid groups (broad SMARTS) is 1. The second-order valence-electron chi connectivity index (χ2n) is 0.960. The molecule has 0 aromatic carbocycles. The highest BCUT2D eigenvalue weighted by Crippen LogP contribution is 1.97. The number of hydrogen-bond donors (Lipinski definition) is 1. The molecule has 0 unspecified atom stereocenters. The van der Waals surface area contributed by atoms with Gasteiger partial charge in [-0.2, -0.15) is 0 Å². The number of hydrogen-bond acceptors (Lipinski definition) is 1. The molecule has 0 aromatic rings.